The summed E-state index contributed by atoms with van der Waals surface area (Å²) in [6, 6.07) is 25.1. The molecule has 0 aromatic heterocycles. The molecule has 4 rings (SSSR count). The van der Waals surface area contributed by atoms with Crippen LogP contribution in [0.2, 0.25) is 10.0 Å². The molecule has 1 saturated carbocycles. The van der Waals surface area contributed by atoms with Crippen molar-refractivity contribution in [3.8, 4) is 0 Å². The van der Waals surface area contributed by atoms with Gasteiger partial charge in [-0.25, -0.2) is 0 Å². The normalized spacial score (nSPS) is 14.7. The third kappa shape index (κ3) is 7.39. The van der Waals surface area contributed by atoms with E-state index in [0.29, 0.717) is 16.5 Å². The Hall–Kier alpha value is -2.82. The van der Waals surface area contributed by atoms with Crippen molar-refractivity contribution in [1.82, 2.24) is 10.2 Å². The van der Waals surface area contributed by atoms with Gasteiger partial charge in [0.25, 0.3) is 0 Å². The molecule has 1 aliphatic carbocycles. The highest BCUT2D eigenvalue weighted by Gasteiger charge is 2.32. The second-order valence-corrected chi connectivity index (χ2v) is 10.9. The van der Waals surface area contributed by atoms with Crippen LogP contribution in [-0.2, 0) is 16.1 Å². The number of nitrogens with one attached hydrogen (secondary N) is 1. The zero-order chi connectivity index (χ0) is 26.9. The lowest BCUT2D eigenvalue weighted by Gasteiger charge is -2.34. The van der Waals surface area contributed by atoms with Gasteiger partial charge in [0.1, 0.15) is 6.04 Å². The number of rotatable bonds is 10. The number of carbonyl (C=O) groups excluding carboxylic acids is 2. The Morgan fingerprint density at radius 3 is 2.03 bits per heavy atom. The van der Waals surface area contributed by atoms with E-state index in [0.717, 1.165) is 42.4 Å². The topological polar surface area (TPSA) is 49.4 Å². The van der Waals surface area contributed by atoms with Crippen LogP contribution >= 0.6 is 23.2 Å². The number of amides is 2. The van der Waals surface area contributed by atoms with Gasteiger partial charge in [-0.05, 0) is 48.1 Å². The highest BCUT2D eigenvalue weighted by Crippen LogP contribution is 2.30. The van der Waals surface area contributed by atoms with E-state index < -0.39 is 6.04 Å². The van der Waals surface area contributed by atoms with E-state index in [9.17, 15) is 9.59 Å². The Bertz CT molecular complexity index is 1160. The summed E-state index contributed by atoms with van der Waals surface area (Å²) in [7, 11) is 0. The molecule has 0 saturated heterocycles. The van der Waals surface area contributed by atoms with Crippen LogP contribution in [0.3, 0.4) is 0 Å². The number of nitrogens with zero attached hydrogens (tertiary/aromatic N) is 1. The summed E-state index contributed by atoms with van der Waals surface area (Å²) in [5, 5.41) is 4.14. The molecule has 0 bridgehead atoms. The van der Waals surface area contributed by atoms with E-state index >= 15 is 0 Å². The molecule has 0 spiro atoms. The summed E-state index contributed by atoms with van der Waals surface area (Å²) in [5.41, 5.74) is 2.98. The van der Waals surface area contributed by atoms with Gasteiger partial charge in [-0.3, -0.25) is 9.59 Å². The second-order valence-electron chi connectivity index (χ2n) is 10.1. The first kappa shape index (κ1) is 28.2. The van der Waals surface area contributed by atoms with Crippen molar-refractivity contribution >= 4 is 35.0 Å². The Morgan fingerprint density at radius 1 is 0.868 bits per heavy atom. The standard InChI is InChI=1S/C32H36Cl2N2O2/c1-2-30(32(38)35-26-16-10-5-11-17-26)36(22-23-18-19-28(33)29(34)20-23)31(37)21-27(24-12-6-3-7-13-24)25-14-8-4-9-15-25/h3-4,6-9,12-15,18-20,26-27,30H,2,5,10-11,16-17,21-22H2,1H3,(H,35,38)/t30-/m1/s1. The quantitative estimate of drug-likeness (QED) is 0.280. The first-order chi connectivity index (χ1) is 18.5. The Kier molecular flexibility index (Phi) is 10.3. The van der Waals surface area contributed by atoms with Gasteiger partial charge in [0.05, 0.1) is 10.0 Å². The summed E-state index contributed by atoms with van der Waals surface area (Å²) < 4.78 is 0. The van der Waals surface area contributed by atoms with Gasteiger partial charge in [0.15, 0.2) is 0 Å². The molecule has 2 amide bonds. The maximum absolute atomic E-state index is 14.1. The number of carbonyl (C=O) groups is 2. The molecular formula is C32H36Cl2N2O2. The molecule has 3 aromatic carbocycles. The third-order valence-corrected chi connectivity index (χ3v) is 8.20. The second kappa shape index (κ2) is 13.8. The monoisotopic (exact) mass is 550 g/mol. The summed E-state index contributed by atoms with van der Waals surface area (Å²) >= 11 is 12.5. The molecule has 0 aliphatic heterocycles. The summed E-state index contributed by atoms with van der Waals surface area (Å²) in [6.45, 7) is 2.24. The zero-order valence-electron chi connectivity index (χ0n) is 21.9. The van der Waals surface area contributed by atoms with Gasteiger partial charge in [-0.1, -0.05) is 116 Å². The third-order valence-electron chi connectivity index (χ3n) is 7.46. The highest BCUT2D eigenvalue weighted by molar-refractivity contribution is 6.42. The van der Waals surface area contributed by atoms with Crippen molar-refractivity contribution in [1.29, 1.82) is 0 Å². The number of hydrogen-bond acceptors (Lipinski definition) is 2. The van der Waals surface area contributed by atoms with Crippen LogP contribution in [0.15, 0.2) is 78.9 Å². The predicted molar refractivity (Wildman–Crippen MR) is 155 cm³/mol. The smallest absolute Gasteiger partial charge is 0.243 e. The molecule has 38 heavy (non-hydrogen) atoms. The van der Waals surface area contributed by atoms with Gasteiger partial charge < -0.3 is 10.2 Å². The van der Waals surface area contributed by atoms with Crippen molar-refractivity contribution in [2.24, 2.45) is 0 Å². The zero-order valence-corrected chi connectivity index (χ0v) is 23.4. The Balaban J connectivity index is 1.63. The molecule has 3 aromatic rings. The summed E-state index contributed by atoms with van der Waals surface area (Å²) in [6.07, 6.45) is 6.23. The predicted octanol–water partition coefficient (Wildman–Crippen LogP) is 7.77. The molecule has 1 fully saturated rings. The SMILES string of the molecule is CC[C@H](C(=O)NC1CCCCC1)N(Cc1ccc(Cl)c(Cl)c1)C(=O)CC(c1ccccc1)c1ccccc1. The van der Waals surface area contributed by atoms with Crippen LogP contribution in [-0.4, -0.2) is 28.8 Å². The van der Waals surface area contributed by atoms with Gasteiger partial charge in [0, 0.05) is 24.9 Å². The van der Waals surface area contributed by atoms with Gasteiger partial charge >= 0.3 is 0 Å². The van der Waals surface area contributed by atoms with Gasteiger partial charge in [-0.2, -0.15) is 0 Å². The summed E-state index contributed by atoms with van der Waals surface area (Å²) in [5.74, 6) is -0.275. The number of halogens is 2. The number of benzene rings is 3. The van der Waals surface area contributed by atoms with E-state index in [-0.39, 0.29) is 36.7 Å². The van der Waals surface area contributed by atoms with E-state index in [4.69, 9.17) is 23.2 Å². The van der Waals surface area contributed by atoms with Crippen molar-refractivity contribution in [2.75, 3.05) is 0 Å². The van der Waals surface area contributed by atoms with Gasteiger partial charge in [-0.15, -0.1) is 0 Å². The minimum absolute atomic E-state index is 0.0700. The van der Waals surface area contributed by atoms with Crippen LogP contribution in [0.4, 0.5) is 0 Å². The van der Waals surface area contributed by atoms with E-state index in [2.05, 4.69) is 29.6 Å². The lowest BCUT2D eigenvalue weighted by Crippen LogP contribution is -2.51. The molecule has 0 heterocycles. The van der Waals surface area contributed by atoms with E-state index in [1.54, 1.807) is 17.0 Å². The molecular weight excluding hydrogens is 515 g/mol. The average molecular weight is 552 g/mol. The highest BCUT2D eigenvalue weighted by atomic mass is 35.5. The van der Waals surface area contributed by atoms with Gasteiger partial charge in [0.2, 0.25) is 11.8 Å². The molecule has 0 radical (unpaired) electrons. The Labute approximate surface area is 236 Å². The fraction of sp³-hybridized carbons (Fsp3) is 0.375. The fourth-order valence-electron chi connectivity index (χ4n) is 5.39. The molecule has 4 nitrogen and oxygen atoms in total. The summed E-state index contributed by atoms with van der Waals surface area (Å²) in [4.78, 5) is 29.4. The molecule has 1 N–H and O–H groups in total. The molecule has 200 valence electrons. The molecule has 0 unspecified atom stereocenters. The first-order valence-electron chi connectivity index (χ1n) is 13.6. The molecule has 1 atom stereocenters. The largest absolute Gasteiger partial charge is 0.352 e. The van der Waals surface area contributed by atoms with E-state index in [1.165, 1.54) is 6.42 Å². The lowest BCUT2D eigenvalue weighted by atomic mass is 9.88. The van der Waals surface area contributed by atoms with Crippen molar-refractivity contribution in [3.63, 3.8) is 0 Å². The fourth-order valence-corrected chi connectivity index (χ4v) is 5.71. The van der Waals surface area contributed by atoms with Crippen LogP contribution < -0.4 is 5.32 Å². The van der Waals surface area contributed by atoms with Crippen molar-refractivity contribution < 1.29 is 9.59 Å². The average Bonchev–Trinajstić information content (AvgIpc) is 2.95. The maximum Gasteiger partial charge on any atom is 0.243 e. The molecule has 6 heteroatoms. The minimum atomic E-state index is -0.578. The minimum Gasteiger partial charge on any atom is -0.352 e. The first-order valence-corrected chi connectivity index (χ1v) is 14.4. The maximum atomic E-state index is 14.1. The van der Waals surface area contributed by atoms with Crippen molar-refractivity contribution in [2.45, 2.75) is 76.4 Å². The van der Waals surface area contributed by atoms with Crippen molar-refractivity contribution in [3.05, 3.63) is 106 Å². The van der Waals surface area contributed by atoms with Crippen LogP contribution in [0.1, 0.15) is 74.5 Å². The number of hydrogen-bond donors (Lipinski definition) is 1. The van der Waals surface area contributed by atoms with Crippen LogP contribution in [0, 0.1) is 0 Å². The Morgan fingerprint density at radius 2 is 1.47 bits per heavy atom. The van der Waals surface area contributed by atoms with Crippen LogP contribution in [0.5, 0.6) is 0 Å². The molecule has 1 aliphatic rings. The lowest BCUT2D eigenvalue weighted by molar-refractivity contribution is -0.142. The van der Waals surface area contributed by atoms with E-state index in [1.807, 2.05) is 49.4 Å². The van der Waals surface area contributed by atoms with Crippen LogP contribution in [0.25, 0.3) is 0 Å².